The number of aromatic nitrogens is 1. The molecule has 0 fully saturated rings. The van der Waals surface area contributed by atoms with E-state index in [0.29, 0.717) is 5.92 Å². The highest BCUT2D eigenvalue weighted by Gasteiger charge is 2.14. The van der Waals surface area contributed by atoms with Crippen molar-refractivity contribution in [2.24, 2.45) is 5.92 Å². The lowest BCUT2D eigenvalue weighted by molar-refractivity contribution is 0.728. The second-order valence-corrected chi connectivity index (χ2v) is 7.16. The Bertz CT molecular complexity index is 917. The highest BCUT2D eigenvalue weighted by Crippen LogP contribution is 2.30. The zero-order valence-electron chi connectivity index (χ0n) is 15.9. The van der Waals surface area contributed by atoms with Crippen LogP contribution in [0.15, 0.2) is 84.1 Å². The van der Waals surface area contributed by atoms with Gasteiger partial charge in [0.2, 0.25) is 0 Å². The monoisotopic (exact) mass is 354 g/mol. The van der Waals surface area contributed by atoms with Crippen molar-refractivity contribution in [3.63, 3.8) is 0 Å². The average Bonchev–Trinajstić information content (AvgIpc) is 2.73. The smallest absolute Gasteiger partial charge is 0.0620 e. The topological polar surface area (TPSA) is 24.9 Å². The van der Waals surface area contributed by atoms with Crippen LogP contribution in [-0.2, 0) is 6.54 Å². The Kier molecular flexibility index (Phi) is 5.45. The molecular weight excluding hydrogens is 328 g/mol. The minimum atomic E-state index is 0.357. The van der Waals surface area contributed by atoms with Crippen LogP contribution in [0, 0.1) is 5.92 Å². The first kappa shape index (κ1) is 17.7. The predicted molar refractivity (Wildman–Crippen MR) is 114 cm³/mol. The fourth-order valence-corrected chi connectivity index (χ4v) is 3.82. The largest absolute Gasteiger partial charge is 0.308 e. The molecule has 2 aromatic rings. The van der Waals surface area contributed by atoms with Crippen molar-refractivity contribution in [1.29, 1.82) is 0 Å². The lowest BCUT2D eigenvalue weighted by atomic mass is 9.88. The summed E-state index contributed by atoms with van der Waals surface area (Å²) >= 11 is 0. The molecule has 1 unspecified atom stereocenters. The number of nitrogens with zero attached hydrogens (tertiary/aromatic N) is 1. The highest BCUT2D eigenvalue weighted by molar-refractivity contribution is 5.76. The van der Waals surface area contributed by atoms with Gasteiger partial charge in [0, 0.05) is 24.8 Å². The van der Waals surface area contributed by atoms with E-state index in [1.54, 1.807) is 0 Å². The molecule has 1 aliphatic heterocycles. The average molecular weight is 354 g/mol. The van der Waals surface area contributed by atoms with Crippen LogP contribution in [0.2, 0.25) is 0 Å². The molecule has 1 aromatic heterocycles. The third-order valence-electron chi connectivity index (χ3n) is 5.29. The molecule has 0 saturated heterocycles. The van der Waals surface area contributed by atoms with Gasteiger partial charge in [0.05, 0.1) is 5.69 Å². The summed E-state index contributed by atoms with van der Waals surface area (Å²) in [6.45, 7) is 3.91. The molecule has 0 saturated carbocycles. The zero-order chi connectivity index (χ0) is 18.5. The molecule has 2 heterocycles. The fraction of sp³-hybridized carbons (Fsp3) is 0.240. The van der Waals surface area contributed by atoms with Gasteiger partial charge in [0.25, 0.3) is 0 Å². The van der Waals surface area contributed by atoms with Gasteiger partial charge in [0.15, 0.2) is 0 Å². The van der Waals surface area contributed by atoms with Crippen molar-refractivity contribution in [3.8, 4) is 11.1 Å². The molecular formula is C25H26N2. The summed E-state index contributed by atoms with van der Waals surface area (Å²) < 4.78 is 0. The number of hydrogen-bond donors (Lipinski definition) is 1. The van der Waals surface area contributed by atoms with Crippen molar-refractivity contribution in [1.82, 2.24) is 10.3 Å². The van der Waals surface area contributed by atoms with Crippen LogP contribution in [0.5, 0.6) is 0 Å². The first-order valence-electron chi connectivity index (χ1n) is 9.82. The third kappa shape index (κ3) is 4.01. The van der Waals surface area contributed by atoms with Gasteiger partial charge in [-0.25, -0.2) is 0 Å². The standard InChI is InChI=1S/C25H26N2/c1-19-12-13-24-23(21-10-6-3-7-11-21)15-17-27-25(24)18-26-16-14-22(19)20-8-4-2-5-9-20/h3-4,6-15,17,19,26H,2,5,16,18H2,1H3. The molecule has 27 heavy (non-hydrogen) atoms. The van der Waals surface area contributed by atoms with Crippen LogP contribution in [0.25, 0.3) is 17.2 Å². The van der Waals surface area contributed by atoms with Crippen molar-refractivity contribution in [2.75, 3.05) is 6.54 Å². The summed E-state index contributed by atoms with van der Waals surface area (Å²) in [7, 11) is 0. The van der Waals surface area contributed by atoms with E-state index in [2.05, 4.69) is 90.1 Å². The minimum Gasteiger partial charge on any atom is -0.308 e. The van der Waals surface area contributed by atoms with E-state index in [9.17, 15) is 0 Å². The van der Waals surface area contributed by atoms with Gasteiger partial charge in [-0.05, 0) is 47.1 Å². The van der Waals surface area contributed by atoms with E-state index in [1.165, 1.54) is 27.8 Å². The number of allylic oxidation sites excluding steroid dienone is 6. The van der Waals surface area contributed by atoms with Crippen LogP contribution < -0.4 is 5.32 Å². The Morgan fingerprint density at radius 2 is 1.89 bits per heavy atom. The molecule has 0 amide bonds. The van der Waals surface area contributed by atoms with Gasteiger partial charge in [-0.2, -0.15) is 0 Å². The molecule has 4 rings (SSSR count). The second kappa shape index (κ2) is 8.32. The van der Waals surface area contributed by atoms with E-state index in [-0.39, 0.29) is 0 Å². The lowest BCUT2D eigenvalue weighted by Gasteiger charge is -2.19. The maximum absolute atomic E-state index is 4.66. The SMILES string of the molecule is CC1C=Cc2c(-c3ccccc3)ccnc2CNCC=C1C1=CCCC=C1. The summed E-state index contributed by atoms with van der Waals surface area (Å²) in [5.41, 5.74) is 7.58. The minimum absolute atomic E-state index is 0.357. The first-order chi connectivity index (χ1) is 13.3. The molecule has 1 N–H and O–H groups in total. The molecule has 2 heteroatoms. The van der Waals surface area contributed by atoms with E-state index in [0.717, 1.165) is 31.6 Å². The normalized spacial score (nSPS) is 19.8. The van der Waals surface area contributed by atoms with Crippen LogP contribution in [0.4, 0.5) is 0 Å². The van der Waals surface area contributed by atoms with Crippen LogP contribution in [-0.4, -0.2) is 11.5 Å². The summed E-state index contributed by atoms with van der Waals surface area (Å²) in [4.78, 5) is 4.66. The van der Waals surface area contributed by atoms with Gasteiger partial charge in [-0.3, -0.25) is 4.98 Å². The Morgan fingerprint density at radius 1 is 1.00 bits per heavy atom. The highest BCUT2D eigenvalue weighted by atomic mass is 14.9. The molecule has 2 nitrogen and oxygen atoms in total. The molecule has 0 radical (unpaired) electrons. The van der Waals surface area contributed by atoms with E-state index in [1.807, 2.05) is 6.20 Å². The Balaban J connectivity index is 1.73. The van der Waals surface area contributed by atoms with Crippen LogP contribution in [0.1, 0.15) is 31.0 Å². The summed E-state index contributed by atoms with van der Waals surface area (Å²) in [5, 5.41) is 3.56. The Hall–Kier alpha value is -2.71. The van der Waals surface area contributed by atoms with Gasteiger partial charge in [0.1, 0.15) is 0 Å². The Labute approximate surface area is 162 Å². The van der Waals surface area contributed by atoms with E-state index in [4.69, 9.17) is 0 Å². The summed E-state index contributed by atoms with van der Waals surface area (Å²) in [6, 6.07) is 12.7. The van der Waals surface area contributed by atoms with Crippen LogP contribution >= 0.6 is 0 Å². The maximum atomic E-state index is 4.66. The molecule has 2 aliphatic rings. The second-order valence-electron chi connectivity index (χ2n) is 7.16. The number of hydrogen-bond acceptors (Lipinski definition) is 2. The molecule has 1 aromatic carbocycles. The van der Waals surface area contributed by atoms with Gasteiger partial charge in [-0.15, -0.1) is 0 Å². The van der Waals surface area contributed by atoms with Crippen molar-refractivity contribution in [3.05, 3.63) is 95.4 Å². The molecule has 136 valence electrons. The van der Waals surface area contributed by atoms with Crippen molar-refractivity contribution < 1.29 is 0 Å². The third-order valence-corrected chi connectivity index (χ3v) is 5.29. The quantitative estimate of drug-likeness (QED) is 0.748. The summed E-state index contributed by atoms with van der Waals surface area (Å²) in [5.74, 6) is 0.357. The Morgan fingerprint density at radius 3 is 2.70 bits per heavy atom. The molecule has 1 aliphatic carbocycles. The summed E-state index contributed by atoms with van der Waals surface area (Å²) in [6.07, 6.45) is 18.1. The van der Waals surface area contributed by atoms with Crippen molar-refractivity contribution in [2.45, 2.75) is 26.3 Å². The number of fused-ring (bicyclic) bond motifs is 1. The van der Waals surface area contributed by atoms with Crippen molar-refractivity contribution >= 4 is 6.08 Å². The lowest BCUT2D eigenvalue weighted by Crippen LogP contribution is -2.17. The zero-order valence-corrected chi connectivity index (χ0v) is 15.9. The molecule has 0 spiro atoms. The number of nitrogens with one attached hydrogen (secondary N) is 1. The van der Waals surface area contributed by atoms with Gasteiger partial charge >= 0.3 is 0 Å². The maximum Gasteiger partial charge on any atom is 0.0620 e. The molecule has 1 atom stereocenters. The first-order valence-corrected chi connectivity index (χ1v) is 9.82. The number of rotatable bonds is 2. The predicted octanol–water partition coefficient (Wildman–Crippen LogP) is 5.70. The van der Waals surface area contributed by atoms with E-state index >= 15 is 0 Å². The van der Waals surface area contributed by atoms with Crippen LogP contribution in [0.3, 0.4) is 0 Å². The van der Waals surface area contributed by atoms with E-state index < -0.39 is 0 Å². The molecule has 0 bridgehead atoms. The van der Waals surface area contributed by atoms with Gasteiger partial charge in [-0.1, -0.05) is 73.7 Å². The van der Waals surface area contributed by atoms with Gasteiger partial charge < -0.3 is 5.32 Å². The number of pyridine rings is 1. The fourth-order valence-electron chi connectivity index (χ4n) is 3.82. The number of benzene rings is 1.